The molecule has 1 fully saturated rings. The van der Waals surface area contributed by atoms with Gasteiger partial charge in [0.1, 0.15) is 6.10 Å². The van der Waals surface area contributed by atoms with Crippen LogP contribution in [0.25, 0.3) is 0 Å². The number of carbonyl (C=O) groups excluding carboxylic acids is 2. The molecule has 4 rings (SSSR count). The number of piperidine rings is 1. The zero-order valence-electron chi connectivity index (χ0n) is 20.0. The molecule has 1 saturated heterocycles. The molecule has 0 spiro atoms. The van der Waals surface area contributed by atoms with Gasteiger partial charge in [-0.05, 0) is 48.2 Å². The van der Waals surface area contributed by atoms with Gasteiger partial charge in [0, 0.05) is 31.0 Å². The number of likely N-dealkylation sites (tertiary alicyclic amines) is 1. The second kappa shape index (κ2) is 11.0. The van der Waals surface area contributed by atoms with Crippen LogP contribution in [0.15, 0.2) is 78.9 Å². The normalized spacial score (nSPS) is 18.1. The van der Waals surface area contributed by atoms with E-state index in [0.29, 0.717) is 24.8 Å². The molecule has 1 amide bonds. The molecule has 0 aromatic heterocycles. The van der Waals surface area contributed by atoms with Gasteiger partial charge in [-0.3, -0.25) is 9.59 Å². The van der Waals surface area contributed by atoms with Crippen molar-refractivity contribution in [2.24, 2.45) is 0 Å². The van der Waals surface area contributed by atoms with Gasteiger partial charge in [0.05, 0.1) is 12.0 Å². The highest BCUT2D eigenvalue weighted by Gasteiger charge is 2.36. The number of esters is 1. The molecule has 0 aliphatic carbocycles. The summed E-state index contributed by atoms with van der Waals surface area (Å²) in [6.45, 7) is 1.83. The highest BCUT2D eigenvalue weighted by molar-refractivity contribution is 5.95. The summed E-state index contributed by atoms with van der Waals surface area (Å²) in [6, 6.07) is 22.0. The standard InChI is InChI=1S/C29H28F3NO3/c1-20-14-23(18-24(15-20)29(30,31)32)28(35)33-13-12-26(19-25(33)16-21-8-4-2-5-9-21)36-27(34)17-22-10-6-3-7-11-22/h2-11,14-15,18,25-26H,12-13,16-17,19H2,1H3/t25-,26+/m1/s1. The Balaban J connectivity index is 1.52. The molecule has 4 nitrogen and oxygen atoms in total. The number of alkyl halides is 3. The van der Waals surface area contributed by atoms with Crippen LogP contribution in [0, 0.1) is 6.92 Å². The molecule has 0 unspecified atom stereocenters. The van der Waals surface area contributed by atoms with Crippen LogP contribution >= 0.6 is 0 Å². The summed E-state index contributed by atoms with van der Waals surface area (Å²) in [5.74, 6) is -0.780. The number of carbonyl (C=O) groups is 2. The average Bonchev–Trinajstić information content (AvgIpc) is 2.84. The van der Waals surface area contributed by atoms with Crippen LogP contribution in [0.5, 0.6) is 0 Å². The van der Waals surface area contributed by atoms with Crippen LogP contribution in [0.2, 0.25) is 0 Å². The molecule has 7 heteroatoms. The van der Waals surface area contributed by atoms with Gasteiger partial charge in [-0.15, -0.1) is 0 Å². The van der Waals surface area contributed by atoms with Gasteiger partial charge in [0.2, 0.25) is 0 Å². The lowest BCUT2D eigenvalue weighted by Gasteiger charge is -2.39. The van der Waals surface area contributed by atoms with Gasteiger partial charge in [-0.25, -0.2) is 0 Å². The highest BCUT2D eigenvalue weighted by Crippen LogP contribution is 2.32. The Labute approximate surface area is 208 Å². The van der Waals surface area contributed by atoms with Crippen molar-refractivity contribution >= 4 is 11.9 Å². The SMILES string of the molecule is Cc1cc(C(=O)N2CC[C@H](OC(=O)Cc3ccccc3)C[C@H]2Cc2ccccc2)cc(C(F)(F)F)c1. The Morgan fingerprint density at radius 2 is 1.58 bits per heavy atom. The smallest absolute Gasteiger partial charge is 0.416 e. The molecule has 3 aromatic carbocycles. The molecular formula is C29H28F3NO3. The Morgan fingerprint density at radius 3 is 2.22 bits per heavy atom. The van der Waals surface area contributed by atoms with Crippen molar-refractivity contribution in [3.05, 3.63) is 107 Å². The van der Waals surface area contributed by atoms with Crippen molar-refractivity contribution in [1.29, 1.82) is 0 Å². The monoisotopic (exact) mass is 495 g/mol. The second-order valence-electron chi connectivity index (χ2n) is 9.23. The molecule has 1 heterocycles. The first-order valence-electron chi connectivity index (χ1n) is 12.0. The fourth-order valence-corrected chi connectivity index (χ4v) is 4.69. The molecule has 188 valence electrons. The maximum absolute atomic E-state index is 13.5. The Morgan fingerprint density at radius 1 is 0.944 bits per heavy atom. The van der Waals surface area contributed by atoms with E-state index in [1.807, 2.05) is 60.7 Å². The van der Waals surface area contributed by atoms with E-state index in [2.05, 4.69) is 0 Å². The van der Waals surface area contributed by atoms with Gasteiger partial charge in [-0.1, -0.05) is 60.7 Å². The van der Waals surface area contributed by atoms with E-state index in [4.69, 9.17) is 4.74 Å². The van der Waals surface area contributed by atoms with E-state index in [1.54, 1.807) is 11.8 Å². The minimum atomic E-state index is -4.54. The third kappa shape index (κ3) is 6.53. The first-order chi connectivity index (χ1) is 17.2. The molecular weight excluding hydrogens is 467 g/mol. The van der Waals surface area contributed by atoms with Crippen molar-refractivity contribution in [3.8, 4) is 0 Å². The number of hydrogen-bond donors (Lipinski definition) is 0. The van der Waals surface area contributed by atoms with Crippen LogP contribution in [0.1, 0.15) is 45.5 Å². The summed E-state index contributed by atoms with van der Waals surface area (Å²) in [5.41, 5.74) is 1.40. The van der Waals surface area contributed by atoms with Crippen LogP contribution in [-0.4, -0.2) is 35.5 Å². The van der Waals surface area contributed by atoms with Crippen molar-refractivity contribution in [1.82, 2.24) is 4.90 Å². The van der Waals surface area contributed by atoms with Gasteiger partial charge in [-0.2, -0.15) is 13.2 Å². The van der Waals surface area contributed by atoms with E-state index in [1.165, 1.54) is 6.07 Å². The number of benzene rings is 3. The second-order valence-corrected chi connectivity index (χ2v) is 9.23. The van der Waals surface area contributed by atoms with Crippen LogP contribution in [0.3, 0.4) is 0 Å². The zero-order chi connectivity index (χ0) is 25.7. The summed E-state index contributed by atoms with van der Waals surface area (Å²) >= 11 is 0. The van der Waals surface area contributed by atoms with E-state index in [0.717, 1.165) is 23.3 Å². The molecule has 2 atom stereocenters. The van der Waals surface area contributed by atoms with Crippen molar-refractivity contribution < 1.29 is 27.5 Å². The summed E-state index contributed by atoms with van der Waals surface area (Å²) in [7, 11) is 0. The zero-order valence-corrected chi connectivity index (χ0v) is 20.0. The van der Waals surface area contributed by atoms with E-state index in [9.17, 15) is 22.8 Å². The predicted octanol–water partition coefficient (Wildman–Crippen LogP) is 6.02. The number of rotatable bonds is 6. The lowest BCUT2D eigenvalue weighted by atomic mass is 9.92. The fraction of sp³-hybridized carbons (Fsp3) is 0.310. The van der Waals surface area contributed by atoms with Crippen molar-refractivity contribution in [2.75, 3.05) is 6.54 Å². The lowest BCUT2D eigenvalue weighted by Crippen LogP contribution is -2.49. The first kappa shape index (κ1) is 25.5. The van der Waals surface area contributed by atoms with Gasteiger partial charge < -0.3 is 9.64 Å². The van der Waals surface area contributed by atoms with Crippen molar-refractivity contribution in [2.45, 2.75) is 50.9 Å². The van der Waals surface area contributed by atoms with Crippen LogP contribution in [0.4, 0.5) is 13.2 Å². The van der Waals surface area contributed by atoms with E-state index in [-0.39, 0.29) is 36.6 Å². The number of aryl methyl sites for hydroxylation is 1. The summed E-state index contributed by atoms with van der Waals surface area (Å²) in [6.07, 6.45) is -3.40. The molecule has 0 N–H and O–H groups in total. The topological polar surface area (TPSA) is 46.6 Å². The Hall–Kier alpha value is -3.61. The van der Waals surface area contributed by atoms with Gasteiger partial charge in [0.15, 0.2) is 0 Å². The minimum absolute atomic E-state index is 0.0138. The summed E-state index contributed by atoms with van der Waals surface area (Å²) in [4.78, 5) is 27.6. The Kier molecular flexibility index (Phi) is 7.77. The molecule has 1 aliphatic heterocycles. The quantitative estimate of drug-likeness (QED) is 0.393. The van der Waals surface area contributed by atoms with Crippen LogP contribution in [-0.2, 0) is 28.5 Å². The molecule has 1 aliphatic rings. The lowest BCUT2D eigenvalue weighted by molar-refractivity contribution is -0.151. The highest BCUT2D eigenvalue weighted by atomic mass is 19.4. The number of ether oxygens (including phenoxy) is 1. The van der Waals surface area contributed by atoms with Gasteiger partial charge in [0.25, 0.3) is 5.91 Å². The molecule has 3 aromatic rings. The third-order valence-corrected chi connectivity index (χ3v) is 6.38. The molecule has 0 bridgehead atoms. The Bertz CT molecular complexity index is 1200. The van der Waals surface area contributed by atoms with E-state index < -0.39 is 17.6 Å². The first-order valence-corrected chi connectivity index (χ1v) is 12.0. The minimum Gasteiger partial charge on any atom is -0.462 e. The molecule has 36 heavy (non-hydrogen) atoms. The van der Waals surface area contributed by atoms with E-state index >= 15 is 0 Å². The fourth-order valence-electron chi connectivity index (χ4n) is 4.69. The maximum Gasteiger partial charge on any atom is 0.416 e. The van der Waals surface area contributed by atoms with Crippen molar-refractivity contribution in [3.63, 3.8) is 0 Å². The maximum atomic E-state index is 13.5. The summed E-state index contributed by atoms with van der Waals surface area (Å²) < 4.78 is 45.9. The van der Waals surface area contributed by atoms with Crippen LogP contribution < -0.4 is 0 Å². The van der Waals surface area contributed by atoms with Gasteiger partial charge >= 0.3 is 12.1 Å². The largest absolute Gasteiger partial charge is 0.462 e. The third-order valence-electron chi connectivity index (χ3n) is 6.38. The number of hydrogen-bond acceptors (Lipinski definition) is 3. The predicted molar refractivity (Wildman–Crippen MR) is 130 cm³/mol. The molecule has 0 radical (unpaired) electrons. The number of amides is 1. The number of nitrogens with zero attached hydrogens (tertiary/aromatic N) is 1. The molecule has 0 saturated carbocycles. The summed E-state index contributed by atoms with van der Waals surface area (Å²) in [5, 5.41) is 0. The number of halogens is 3. The average molecular weight is 496 g/mol.